The van der Waals surface area contributed by atoms with Gasteiger partial charge in [0.05, 0.1) is 18.5 Å². The molecule has 1 atom stereocenters. The van der Waals surface area contributed by atoms with Gasteiger partial charge in [-0.15, -0.1) is 22.7 Å². The van der Waals surface area contributed by atoms with Crippen LogP contribution in [0.3, 0.4) is 0 Å². The lowest BCUT2D eigenvalue weighted by Gasteiger charge is -2.10. The molecule has 0 bridgehead atoms. The molecule has 3 aromatic rings. The largest absolute Gasteiger partial charge is 0.351 e. The van der Waals surface area contributed by atoms with Gasteiger partial charge in [-0.3, -0.25) is 9.59 Å². The fourth-order valence-corrected chi connectivity index (χ4v) is 4.26. The molecule has 0 spiro atoms. The molecule has 1 amide bonds. The van der Waals surface area contributed by atoms with E-state index in [0.717, 1.165) is 21.8 Å². The number of nitrogens with one attached hydrogen (secondary N) is 2. The summed E-state index contributed by atoms with van der Waals surface area (Å²) in [6.45, 7) is 4.81. The third-order valence-electron chi connectivity index (χ3n) is 3.72. The number of quaternary nitrogens is 1. The Labute approximate surface area is 147 Å². The van der Waals surface area contributed by atoms with Crippen LogP contribution in [-0.4, -0.2) is 29.0 Å². The van der Waals surface area contributed by atoms with Gasteiger partial charge in [-0.05, 0) is 18.4 Å². The van der Waals surface area contributed by atoms with E-state index in [1.165, 1.54) is 18.3 Å². The molecule has 0 radical (unpaired) electrons. The van der Waals surface area contributed by atoms with Gasteiger partial charge in [0.25, 0.3) is 5.56 Å². The zero-order valence-electron chi connectivity index (χ0n) is 13.5. The number of hydrogen-bond donors (Lipinski definition) is 3. The lowest BCUT2D eigenvalue weighted by atomic mass is 10.2. The maximum Gasteiger partial charge on any atom is 0.260 e. The molecule has 0 saturated carbocycles. The van der Waals surface area contributed by atoms with Crippen LogP contribution in [0.5, 0.6) is 0 Å². The Bertz CT molecular complexity index is 899. The van der Waals surface area contributed by atoms with Crippen LogP contribution in [0.4, 0.5) is 0 Å². The summed E-state index contributed by atoms with van der Waals surface area (Å²) in [6.07, 6.45) is 0. The zero-order valence-corrected chi connectivity index (χ0v) is 15.1. The standard InChI is InChI=1S/C16H18N4O2S2/c1-9(17-5-6-18-10(2)21)14-19-15(22)13-11(8-24-16(13)20-14)12-4-3-7-23-12/h3-4,7-9,17H,5-6H2,1-2H3,(H,18,21)(H,19,20,22)/p+1/t9-/m1/s1. The van der Waals surface area contributed by atoms with Gasteiger partial charge in [0.1, 0.15) is 10.9 Å². The molecule has 3 aromatic heterocycles. The average molecular weight is 363 g/mol. The fraction of sp³-hybridized carbons (Fsp3) is 0.312. The highest BCUT2D eigenvalue weighted by molar-refractivity contribution is 7.18. The highest BCUT2D eigenvalue weighted by Gasteiger charge is 2.17. The third-order valence-corrected chi connectivity index (χ3v) is 5.49. The normalized spacial score (nSPS) is 12.4. The first kappa shape index (κ1) is 16.8. The molecular formula is C16H19N4O2S2+. The van der Waals surface area contributed by atoms with Gasteiger partial charge < -0.3 is 15.6 Å². The Morgan fingerprint density at radius 3 is 3.00 bits per heavy atom. The molecule has 3 rings (SSSR count). The van der Waals surface area contributed by atoms with Crippen LogP contribution < -0.4 is 16.2 Å². The number of H-pyrrole nitrogens is 1. The molecular weight excluding hydrogens is 344 g/mol. The summed E-state index contributed by atoms with van der Waals surface area (Å²) >= 11 is 3.11. The van der Waals surface area contributed by atoms with Crippen LogP contribution in [0, 0.1) is 0 Å². The van der Waals surface area contributed by atoms with E-state index in [9.17, 15) is 9.59 Å². The van der Waals surface area contributed by atoms with E-state index < -0.39 is 0 Å². The number of thiophene rings is 2. The van der Waals surface area contributed by atoms with Gasteiger partial charge >= 0.3 is 0 Å². The summed E-state index contributed by atoms with van der Waals surface area (Å²) in [5.41, 5.74) is 0.856. The Morgan fingerprint density at radius 2 is 2.29 bits per heavy atom. The molecule has 6 nitrogen and oxygen atoms in total. The quantitative estimate of drug-likeness (QED) is 0.579. The van der Waals surface area contributed by atoms with Crippen molar-refractivity contribution in [3.05, 3.63) is 39.1 Å². The van der Waals surface area contributed by atoms with Crippen molar-refractivity contribution >= 4 is 38.8 Å². The number of nitrogens with two attached hydrogens (primary N) is 1. The fourth-order valence-electron chi connectivity index (χ4n) is 2.49. The Morgan fingerprint density at radius 1 is 1.46 bits per heavy atom. The molecule has 3 heterocycles. The van der Waals surface area contributed by atoms with Crippen molar-refractivity contribution < 1.29 is 10.1 Å². The first-order valence-corrected chi connectivity index (χ1v) is 9.45. The molecule has 24 heavy (non-hydrogen) atoms. The third kappa shape index (κ3) is 3.55. The van der Waals surface area contributed by atoms with Crippen LogP contribution >= 0.6 is 22.7 Å². The highest BCUT2D eigenvalue weighted by atomic mass is 32.1. The van der Waals surface area contributed by atoms with Gasteiger partial charge in [-0.2, -0.15) is 0 Å². The second kappa shape index (κ2) is 7.25. The summed E-state index contributed by atoms with van der Waals surface area (Å²) in [7, 11) is 0. The first-order chi connectivity index (χ1) is 11.6. The van der Waals surface area contributed by atoms with E-state index in [1.807, 2.05) is 35.1 Å². The predicted octanol–water partition coefficient (Wildman–Crippen LogP) is 1.47. The van der Waals surface area contributed by atoms with Crippen LogP contribution in [0.2, 0.25) is 0 Å². The second-order valence-corrected chi connectivity index (χ2v) is 7.36. The zero-order chi connectivity index (χ0) is 17.1. The maximum absolute atomic E-state index is 12.5. The lowest BCUT2D eigenvalue weighted by molar-refractivity contribution is -0.692. The number of fused-ring (bicyclic) bond motifs is 1. The molecule has 0 aromatic carbocycles. The van der Waals surface area contributed by atoms with E-state index in [2.05, 4.69) is 15.3 Å². The van der Waals surface area contributed by atoms with Crippen LogP contribution in [-0.2, 0) is 4.79 Å². The molecule has 0 unspecified atom stereocenters. The molecule has 0 fully saturated rings. The maximum atomic E-state index is 12.5. The lowest BCUT2D eigenvalue weighted by Crippen LogP contribution is -2.86. The van der Waals surface area contributed by atoms with Crippen molar-refractivity contribution in [1.82, 2.24) is 15.3 Å². The predicted molar refractivity (Wildman–Crippen MR) is 97.4 cm³/mol. The minimum Gasteiger partial charge on any atom is -0.351 e. The van der Waals surface area contributed by atoms with Gasteiger partial charge in [-0.25, -0.2) is 4.98 Å². The monoisotopic (exact) mass is 363 g/mol. The smallest absolute Gasteiger partial charge is 0.260 e. The Balaban J connectivity index is 1.81. The summed E-state index contributed by atoms with van der Waals surface area (Å²) in [4.78, 5) is 32.8. The van der Waals surface area contributed by atoms with Gasteiger partial charge in [0.15, 0.2) is 5.82 Å². The molecule has 8 heteroatoms. The van der Waals surface area contributed by atoms with Crippen molar-refractivity contribution in [3.8, 4) is 10.4 Å². The molecule has 0 saturated heterocycles. The summed E-state index contributed by atoms with van der Waals surface area (Å²) in [5.74, 6) is 0.624. The topological polar surface area (TPSA) is 91.5 Å². The highest BCUT2D eigenvalue weighted by Crippen LogP contribution is 2.33. The van der Waals surface area contributed by atoms with Crippen molar-refractivity contribution in [2.75, 3.05) is 13.1 Å². The van der Waals surface area contributed by atoms with E-state index in [-0.39, 0.29) is 17.5 Å². The van der Waals surface area contributed by atoms with Crippen LogP contribution in [0.15, 0.2) is 27.7 Å². The summed E-state index contributed by atoms with van der Waals surface area (Å²) in [6, 6.07) is 4.01. The summed E-state index contributed by atoms with van der Waals surface area (Å²) < 4.78 is 0. The van der Waals surface area contributed by atoms with E-state index in [1.54, 1.807) is 11.3 Å². The number of aromatic nitrogens is 2. The van der Waals surface area contributed by atoms with Crippen LogP contribution in [0.25, 0.3) is 20.7 Å². The van der Waals surface area contributed by atoms with Gasteiger partial charge in [-0.1, -0.05) is 6.07 Å². The Hall–Kier alpha value is -2.03. The SMILES string of the molecule is CC(=O)NCC[NH2+][C@H](C)c1nc2scc(-c3cccs3)c2c(=O)[nH]1. The van der Waals surface area contributed by atoms with E-state index in [0.29, 0.717) is 17.8 Å². The average Bonchev–Trinajstić information content (AvgIpc) is 3.19. The van der Waals surface area contributed by atoms with E-state index in [4.69, 9.17) is 0 Å². The molecule has 4 N–H and O–H groups in total. The number of nitrogens with zero attached hydrogens (tertiary/aromatic N) is 1. The molecule has 0 aliphatic carbocycles. The molecule has 0 aliphatic heterocycles. The Kier molecular flexibility index (Phi) is 5.08. The second-order valence-electron chi connectivity index (χ2n) is 5.55. The number of aromatic amines is 1. The number of rotatable bonds is 6. The van der Waals surface area contributed by atoms with Gasteiger partial charge in [0, 0.05) is 22.7 Å². The number of carbonyl (C=O) groups excluding carboxylic acids is 1. The minimum absolute atomic E-state index is 0.0168. The van der Waals surface area contributed by atoms with E-state index >= 15 is 0 Å². The minimum atomic E-state index is -0.0956. The molecule has 0 aliphatic rings. The van der Waals surface area contributed by atoms with Crippen LogP contribution in [0.1, 0.15) is 25.7 Å². The van der Waals surface area contributed by atoms with Crippen molar-refractivity contribution in [3.63, 3.8) is 0 Å². The number of amides is 1. The van der Waals surface area contributed by atoms with Gasteiger partial charge in [0.2, 0.25) is 5.91 Å². The van der Waals surface area contributed by atoms with Crippen molar-refractivity contribution in [2.45, 2.75) is 19.9 Å². The van der Waals surface area contributed by atoms with Crippen molar-refractivity contribution in [2.24, 2.45) is 0 Å². The molecule has 126 valence electrons. The summed E-state index contributed by atoms with van der Waals surface area (Å²) in [5, 5.41) is 9.46. The number of carbonyl (C=O) groups is 1. The first-order valence-electron chi connectivity index (χ1n) is 7.69. The number of hydrogen-bond acceptors (Lipinski definition) is 5. The van der Waals surface area contributed by atoms with Crippen molar-refractivity contribution in [1.29, 1.82) is 0 Å².